The lowest BCUT2D eigenvalue weighted by Gasteiger charge is -2.34. The van der Waals surface area contributed by atoms with E-state index in [1.807, 2.05) is 23.1 Å². The standard InChI is InChI=1S/C18H25N3O3/c22-17(20-13-15-5-1-3-9-19-15)14-7-10-21(11-8-14)18(23)16-6-2-4-12-24-16/h1,3,5,9,14,16H,2,4,6-8,10-13H2,(H,20,22). The Balaban J connectivity index is 1.42. The Morgan fingerprint density at radius 3 is 2.71 bits per heavy atom. The highest BCUT2D eigenvalue weighted by atomic mass is 16.5. The van der Waals surface area contributed by atoms with Gasteiger partial charge in [-0.15, -0.1) is 0 Å². The van der Waals surface area contributed by atoms with Gasteiger partial charge in [-0.3, -0.25) is 14.6 Å². The maximum Gasteiger partial charge on any atom is 0.251 e. The summed E-state index contributed by atoms with van der Waals surface area (Å²) < 4.78 is 5.58. The Morgan fingerprint density at radius 1 is 1.21 bits per heavy atom. The molecule has 0 saturated carbocycles. The van der Waals surface area contributed by atoms with Crippen molar-refractivity contribution in [2.45, 2.75) is 44.8 Å². The predicted octanol–water partition coefficient (Wildman–Crippen LogP) is 1.51. The number of hydrogen-bond acceptors (Lipinski definition) is 4. The van der Waals surface area contributed by atoms with E-state index in [9.17, 15) is 9.59 Å². The van der Waals surface area contributed by atoms with Gasteiger partial charge < -0.3 is 15.0 Å². The molecule has 1 aromatic rings. The number of carbonyl (C=O) groups excluding carboxylic acids is 2. The van der Waals surface area contributed by atoms with E-state index in [0.29, 0.717) is 39.1 Å². The minimum absolute atomic E-state index is 0.0231. The average molecular weight is 331 g/mol. The molecule has 3 heterocycles. The second kappa shape index (κ2) is 8.24. The van der Waals surface area contributed by atoms with Gasteiger partial charge in [0.05, 0.1) is 12.2 Å². The van der Waals surface area contributed by atoms with Gasteiger partial charge in [-0.2, -0.15) is 0 Å². The first kappa shape index (κ1) is 16.9. The Hall–Kier alpha value is -1.95. The summed E-state index contributed by atoms with van der Waals surface area (Å²) in [6.45, 7) is 2.41. The van der Waals surface area contributed by atoms with E-state index in [1.165, 1.54) is 0 Å². The third kappa shape index (κ3) is 4.32. The molecule has 1 aromatic heterocycles. The van der Waals surface area contributed by atoms with E-state index in [1.54, 1.807) is 6.20 Å². The van der Waals surface area contributed by atoms with Gasteiger partial charge in [-0.25, -0.2) is 0 Å². The average Bonchev–Trinajstić information content (AvgIpc) is 2.67. The first-order chi connectivity index (χ1) is 11.7. The van der Waals surface area contributed by atoms with Gasteiger partial charge in [0.1, 0.15) is 6.10 Å². The van der Waals surface area contributed by atoms with Gasteiger partial charge in [-0.1, -0.05) is 6.07 Å². The lowest BCUT2D eigenvalue weighted by Crippen LogP contribution is -2.47. The highest BCUT2D eigenvalue weighted by Crippen LogP contribution is 2.21. The molecular formula is C18H25N3O3. The Kier molecular flexibility index (Phi) is 5.80. The van der Waals surface area contributed by atoms with Gasteiger partial charge in [0.25, 0.3) is 5.91 Å². The third-order valence-corrected chi connectivity index (χ3v) is 4.80. The number of amides is 2. The van der Waals surface area contributed by atoms with Gasteiger partial charge in [0.15, 0.2) is 0 Å². The molecule has 2 aliphatic heterocycles. The number of likely N-dealkylation sites (tertiary alicyclic amines) is 1. The summed E-state index contributed by atoms with van der Waals surface area (Å²) in [7, 11) is 0. The largest absolute Gasteiger partial charge is 0.368 e. The molecule has 2 aliphatic rings. The number of nitrogens with zero attached hydrogens (tertiary/aromatic N) is 2. The maximum atomic E-state index is 12.4. The van der Waals surface area contributed by atoms with Crippen LogP contribution in [0, 0.1) is 5.92 Å². The first-order valence-corrected chi connectivity index (χ1v) is 8.82. The van der Waals surface area contributed by atoms with Crippen LogP contribution in [-0.4, -0.2) is 47.5 Å². The van der Waals surface area contributed by atoms with Gasteiger partial charge >= 0.3 is 0 Å². The first-order valence-electron chi connectivity index (χ1n) is 8.82. The van der Waals surface area contributed by atoms with Crippen LogP contribution in [0.3, 0.4) is 0 Å². The van der Waals surface area contributed by atoms with E-state index in [0.717, 1.165) is 25.0 Å². The van der Waals surface area contributed by atoms with Crippen molar-refractivity contribution in [3.8, 4) is 0 Å². The Morgan fingerprint density at radius 2 is 2.04 bits per heavy atom. The van der Waals surface area contributed by atoms with Crippen molar-refractivity contribution >= 4 is 11.8 Å². The molecule has 6 heteroatoms. The smallest absolute Gasteiger partial charge is 0.251 e. The molecule has 0 aliphatic carbocycles. The number of carbonyl (C=O) groups is 2. The molecule has 6 nitrogen and oxygen atoms in total. The fraction of sp³-hybridized carbons (Fsp3) is 0.611. The summed E-state index contributed by atoms with van der Waals surface area (Å²) in [6.07, 6.45) is 5.81. The van der Waals surface area contributed by atoms with E-state index < -0.39 is 0 Å². The van der Waals surface area contributed by atoms with Crippen LogP contribution in [0.1, 0.15) is 37.8 Å². The van der Waals surface area contributed by atoms with E-state index in [4.69, 9.17) is 4.74 Å². The highest BCUT2D eigenvalue weighted by Gasteiger charge is 2.31. The van der Waals surface area contributed by atoms with E-state index >= 15 is 0 Å². The fourth-order valence-electron chi connectivity index (χ4n) is 3.33. The van der Waals surface area contributed by atoms with E-state index in [-0.39, 0.29) is 23.8 Å². The second-order valence-corrected chi connectivity index (χ2v) is 6.49. The summed E-state index contributed by atoms with van der Waals surface area (Å²) in [4.78, 5) is 30.8. The molecule has 1 N–H and O–H groups in total. The molecule has 0 radical (unpaired) electrons. The number of hydrogen-bond donors (Lipinski definition) is 1. The molecule has 0 spiro atoms. The van der Waals surface area contributed by atoms with Gasteiger partial charge in [-0.05, 0) is 44.2 Å². The molecule has 2 saturated heterocycles. The van der Waals surface area contributed by atoms with Crippen molar-refractivity contribution in [2.24, 2.45) is 5.92 Å². The Labute approximate surface area is 142 Å². The van der Waals surface area contributed by atoms with Crippen LogP contribution < -0.4 is 5.32 Å². The van der Waals surface area contributed by atoms with Crippen molar-refractivity contribution < 1.29 is 14.3 Å². The van der Waals surface area contributed by atoms with E-state index in [2.05, 4.69) is 10.3 Å². The molecule has 0 aromatic carbocycles. The normalized spacial score (nSPS) is 22.2. The zero-order chi connectivity index (χ0) is 16.8. The molecule has 3 rings (SSSR count). The summed E-state index contributed by atoms with van der Waals surface area (Å²) in [5.41, 5.74) is 0.855. The molecular weight excluding hydrogens is 306 g/mol. The monoisotopic (exact) mass is 331 g/mol. The summed E-state index contributed by atoms with van der Waals surface area (Å²) in [6, 6.07) is 5.66. The molecule has 24 heavy (non-hydrogen) atoms. The molecule has 1 unspecified atom stereocenters. The topological polar surface area (TPSA) is 71.5 Å². The molecule has 0 bridgehead atoms. The number of nitrogens with one attached hydrogen (secondary N) is 1. The number of pyridine rings is 1. The van der Waals surface area contributed by atoms with Crippen LogP contribution in [-0.2, 0) is 20.9 Å². The molecule has 2 fully saturated rings. The zero-order valence-electron chi connectivity index (χ0n) is 13.9. The number of ether oxygens (including phenoxy) is 1. The van der Waals surface area contributed by atoms with Crippen LogP contribution in [0.15, 0.2) is 24.4 Å². The quantitative estimate of drug-likeness (QED) is 0.908. The lowest BCUT2D eigenvalue weighted by atomic mass is 9.95. The SMILES string of the molecule is O=C(NCc1ccccn1)C1CCN(C(=O)C2CCCCO2)CC1. The van der Waals surface area contributed by atoms with Gasteiger partial charge in [0, 0.05) is 31.8 Å². The van der Waals surface area contributed by atoms with Crippen molar-refractivity contribution in [1.82, 2.24) is 15.2 Å². The van der Waals surface area contributed by atoms with Crippen molar-refractivity contribution in [2.75, 3.05) is 19.7 Å². The van der Waals surface area contributed by atoms with Crippen LogP contribution in [0.2, 0.25) is 0 Å². The number of aromatic nitrogens is 1. The molecule has 1 atom stereocenters. The minimum atomic E-state index is -0.270. The number of piperidine rings is 1. The van der Waals surface area contributed by atoms with Crippen molar-refractivity contribution in [3.05, 3.63) is 30.1 Å². The van der Waals surface area contributed by atoms with Crippen molar-refractivity contribution in [3.63, 3.8) is 0 Å². The predicted molar refractivity (Wildman–Crippen MR) is 89.0 cm³/mol. The summed E-state index contributed by atoms with van der Waals surface area (Å²) in [5.74, 6) is 0.133. The third-order valence-electron chi connectivity index (χ3n) is 4.80. The maximum absolute atomic E-state index is 12.4. The zero-order valence-corrected chi connectivity index (χ0v) is 13.9. The van der Waals surface area contributed by atoms with Crippen molar-refractivity contribution in [1.29, 1.82) is 0 Å². The van der Waals surface area contributed by atoms with Gasteiger partial charge in [0.2, 0.25) is 5.91 Å². The van der Waals surface area contributed by atoms with Crippen LogP contribution in [0.5, 0.6) is 0 Å². The summed E-state index contributed by atoms with van der Waals surface area (Å²) >= 11 is 0. The van der Waals surface area contributed by atoms with Crippen LogP contribution >= 0.6 is 0 Å². The molecule has 130 valence electrons. The fourth-order valence-corrected chi connectivity index (χ4v) is 3.33. The minimum Gasteiger partial charge on any atom is -0.368 e. The summed E-state index contributed by atoms with van der Waals surface area (Å²) in [5, 5.41) is 2.95. The number of rotatable bonds is 4. The molecule has 2 amide bonds. The second-order valence-electron chi connectivity index (χ2n) is 6.49. The highest BCUT2D eigenvalue weighted by molar-refractivity contribution is 5.82. The Bertz CT molecular complexity index is 550. The van der Waals surface area contributed by atoms with Crippen LogP contribution in [0.4, 0.5) is 0 Å². The van der Waals surface area contributed by atoms with Crippen LogP contribution in [0.25, 0.3) is 0 Å². The lowest BCUT2D eigenvalue weighted by molar-refractivity contribution is -0.149.